The molecule has 0 atom stereocenters. The molecule has 1 N–H and O–H groups in total. The monoisotopic (exact) mass is 246 g/mol. The summed E-state index contributed by atoms with van der Waals surface area (Å²) >= 11 is 5.56. The Labute approximate surface area is 97.8 Å². The molecule has 16 heavy (non-hydrogen) atoms. The van der Waals surface area contributed by atoms with Gasteiger partial charge in [-0.2, -0.15) is 0 Å². The average molecular weight is 247 g/mol. The molecule has 6 heteroatoms. The molecule has 0 unspecified atom stereocenters. The Bertz CT molecular complexity index is 404. The van der Waals surface area contributed by atoms with Gasteiger partial charge in [-0.1, -0.05) is 11.6 Å². The Morgan fingerprint density at radius 2 is 2.12 bits per heavy atom. The van der Waals surface area contributed by atoms with Crippen LogP contribution >= 0.6 is 11.6 Å². The van der Waals surface area contributed by atoms with Gasteiger partial charge in [-0.3, -0.25) is 5.32 Å². The Morgan fingerprint density at radius 3 is 2.69 bits per heavy atom. The van der Waals surface area contributed by atoms with Gasteiger partial charge in [0.1, 0.15) is 10.8 Å². The third-order valence-corrected chi connectivity index (χ3v) is 1.64. The molecule has 0 aliphatic rings. The number of hydrogen-bond donors (Lipinski definition) is 1. The van der Waals surface area contributed by atoms with Gasteiger partial charge < -0.3 is 4.74 Å². The van der Waals surface area contributed by atoms with Crippen LogP contribution in [0.4, 0.5) is 15.0 Å². The fraction of sp³-hybridized carbons (Fsp3) is 0.400. The molecule has 0 radical (unpaired) electrons. The van der Waals surface area contributed by atoms with Crippen molar-refractivity contribution in [1.29, 1.82) is 0 Å². The minimum absolute atomic E-state index is 0.0902. The molecular formula is C10H12ClFN2O2. The summed E-state index contributed by atoms with van der Waals surface area (Å²) in [7, 11) is 0. The molecule has 88 valence electrons. The Hall–Kier alpha value is -1.36. The molecule has 0 saturated heterocycles. The molecule has 0 bridgehead atoms. The second-order valence-corrected chi connectivity index (χ2v) is 4.48. The minimum atomic E-state index is -0.777. The second-order valence-electron chi connectivity index (χ2n) is 4.09. The number of nitrogens with one attached hydrogen (secondary N) is 1. The van der Waals surface area contributed by atoms with E-state index in [1.165, 1.54) is 6.07 Å². The molecule has 0 aliphatic heterocycles. The summed E-state index contributed by atoms with van der Waals surface area (Å²) in [5.41, 5.74) is -0.654. The van der Waals surface area contributed by atoms with Gasteiger partial charge in [-0.05, 0) is 32.9 Å². The molecule has 1 aromatic rings. The summed E-state index contributed by atoms with van der Waals surface area (Å²) in [6.45, 7) is 5.11. The number of ether oxygens (including phenoxy) is 1. The zero-order valence-corrected chi connectivity index (χ0v) is 9.93. The van der Waals surface area contributed by atoms with Crippen LogP contribution in [-0.4, -0.2) is 16.7 Å². The number of halogens is 2. The van der Waals surface area contributed by atoms with E-state index in [0.717, 1.165) is 6.07 Å². The highest BCUT2D eigenvalue weighted by atomic mass is 35.5. The maximum Gasteiger partial charge on any atom is 0.413 e. The van der Waals surface area contributed by atoms with Crippen LogP contribution in [0.2, 0.25) is 5.15 Å². The second kappa shape index (κ2) is 4.65. The number of hydrogen-bond acceptors (Lipinski definition) is 3. The normalized spacial score (nSPS) is 11.1. The summed E-state index contributed by atoms with van der Waals surface area (Å²) < 4.78 is 18.1. The first-order chi connectivity index (χ1) is 7.28. The van der Waals surface area contributed by atoms with Crippen molar-refractivity contribution in [3.8, 4) is 0 Å². The smallest absolute Gasteiger partial charge is 0.413 e. The van der Waals surface area contributed by atoms with Crippen molar-refractivity contribution >= 4 is 23.5 Å². The van der Waals surface area contributed by atoms with E-state index in [4.69, 9.17) is 16.3 Å². The summed E-state index contributed by atoms with van der Waals surface area (Å²) in [6.07, 6.45) is -0.777. The van der Waals surface area contributed by atoms with Gasteiger partial charge in [-0.25, -0.2) is 14.2 Å². The van der Waals surface area contributed by atoms with Gasteiger partial charge in [0.15, 0.2) is 11.6 Å². The molecule has 0 spiro atoms. The zero-order valence-electron chi connectivity index (χ0n) is 9.17. The quantitative estimate of drug-likeness (QED) is 0.774. The maximum absolute atomic E-state index is 13.2. The van der Waals surface area contributed by atoms with E-state index in [1.807, 2.05) is 0 Å². The van der Waals surface area contributed by atoms with Crippen LogP contribution < -0.4 is 5.32 Å². The highest BCUT2D eigenvalue weighted by Gasteiger charge is 2.17. The summed E-state index contributed by atoms with van der Waals surface area (Å²) in [5, 5.41) is 2.27. The molecule has 1 heterocycles. The van der Waals surface area contributed by atoms with Crippen LogP contribution in [0.15, 0.2) is 12.1 Å². The van der Waals surface area contributed by atoms with E-state index >= 15 is 0 Å². The lowest BCUT2D eigenvalue weighted by atomic mass is 10.2. The average Bonchev–Trinajstić information content (AvgIpc) is 2.08. The molecule has 0 fully saturated rings. The van der Waals surface area contributed by atoms with Crippen molar-refractivity contribution in [3.63, 3.8) is 0 Å². The fourth-order valence-electron chi connectivity index (χ4n) is 0.906. The van der Waals surface area contributed by atoms with E-state index in [2.05, 4.69) is 10.3 Å². The third-order valence-electron chi connectivity index (χ3n) is 1.43. The number of nitrogens with zero attached hydrogens (tertiary/aromatic N) is 1. The fourth-order valence-corrected chi connectivity index (χ4v) is 1.05. The molecule has 0 aromatic carbocycles. The van der Waals surface area contributed by atoms with Crippen molar-refractivity contribution in [3.05, 3.63) is 23.1 Å². The summed E-state index contributed by atoms with van der Waals surface area (Å²) in [5.74, 6) is -0.919. The Kier molecular flexibility index (Phi) is 3.70. The van der Waals surface area contributed by atoms with Crippen LogP contribution in [0.3, 0.4) is 0 Å². The molecule has 0 saturated carbocycles. The molecule has 1 aromatic heterocycles. The van der Waals surface area contributed by atoms with Gasteiger partial charge >= 0.3 is 6.09 Å². The van der Waals surface area contributed by atoms with Gasteiger partial charge in [0.05, 0.1) is 0 Å². The lowest BCUT2D eigenvalue weighted by Gasteiger charge is -2.19. The predicted octanol–water partition coefficient (Wildman–Crippen LogP) is 3.22. The summed E-state index contributed by atoms with van der Waals surface area (Å²) in [6, 6.07) is 2.40. The lowest BCUT2D eigenvalue weighted by molar-refractivity contribution is 0.0634. The number of pyridine rings is 1. The van der Waals surface area contributed by atoms with Gasteiger partial charge in [-0.15, -0.1) is 0 Å². The number of carbonyl (C=O) groups excluding carboxylic acids is 1. The van der Waals surface area contributed by atoms with Crippen LogP contribution in [-0.2, 0) is 4.74 Å². The highest BCUT2D eigenvalue weighted by Crippen LogP contribution is 2.16. The van der Waals surface area contributed by atoms with Crippen molar-refractivity contribution in [2.75, 3.05) is 5.32 Å². The molecular weight excluding hydrogens is 235 g/mol. The van der Waals surface area contributed by atoms with Crippen LogP contribution in [0, 0.1) is 5.82 Å². The first-order valence-corrected chi connectivity index (χ1v) is 4.98. The first kappa shape index (κ1) is 12.7. The van der Waals surface area contributed by atoms with E-state index in [-0.39, 0.29) is 11.0 Å². The van der Waals surface area contributed by atoms with E-state index in [1.54, 1.807) is 20.8 Å². The van der Waals surface area contributed by atoms with Crippen molar-refractivity contribution < 1.29 is 13.9 Å². The lowest BCUT2D eigenvalue weighted by Crippen LogP contribution is -2.27. The van der Waals surface area contributed by atoms with E-state index in [0.29, 0.717) is 0 Å². The third kappa shape index (κ3) is 4.02. The van der Waals surface area contributed by atoms with E-state index < -0.39 is 17.5 Å². The van der Waals surface area contributed by atoms with Crippen molar-refractivity contribution in [2.45, 2.75) is 26.4 Å². The van der Waals surface area contributed by atoms with Crippen molar-refractivity contribution in [1.82, 2.24) is 4.98 Å². The van der Waals surface area contributed by atoms with Crippen LogP contribution in [0.5, 0.6) is 0 Å². The Balaban J connectivity index is 2.73. The van der Waals surface area contributed by atoms with Crippen LogP contribution in [0.25, 0.3) is 0 Å². The van der Waals surface area contributed by atoms with Gasteiger partial charge in [0.25, 0.3) is 0 Å². The van der Waals surface area contributed by atoms with Gasteiger partial charge in [0, 0.05) is 0 Å². The maximum atomic E-state index is 13.2. The van der Waals surface area contributed by atoms with Crippen LogP contribution in [0.1, 0.15) is 20.8 Å². The number of anilines is 1. The summed E-state index contributed by atoms with van der Waals surface area (Å²) in [4.78, 5) is 14.9. The Morgan fingerprint density at radius 1 is 1.50 bits per heavy atom. The topological polar surface area (TPSA) is 51.2 Å². The number of carbonyl (C=O) groups is 1. The number of rotatable bonds is 1. The number of amides is 1. The molecule has 1 rings (SSSR count). The highest BCUT2D eigenvalue weighted by molar-refractivity contribution is 6.29. The largest absolute Gasteiger partial charge is 0.444 e. The standard InChI is InChI=1S/C10H12ClFN2O2/c1-10(2,3)16-9(15)14-8-6(12)4-5-7(11)13-8/h4-5H,1-3H3,(H,13,14,15). The zero-order chi connectivity index (χ0) is 12.3. The predicted molar refractivity (Wildman–Crippen MR) is 59.1 cm³/mol. The molecule has 4 nitrogen and oxygen atoms in total. The number of aromatic nitrogens is 1. The SMILES string of the molecule is CC(C)(C)OC(=O)Nc1nc(Cl)ccc1F. The first-order valence-electron chi connectivity index (χ1n) is 4.60. The van der Waals surface area contributed by atoms with E-state index in [9.17, 15) is 9.18 Å². The molecule has 0 aliphatic carbocycles. The van der Waals surface area contributed by atoms with Gasteiger partial charge in [0.2, 0.25) is 0 Å². The minimum Gasteiger partial charge on any atom is -0.444 e. The van der Waals surface area contributed by atoms with Crippen molar-refractivity contribution in [2.24, 2.45) is 0 Å². The molecule has 1 amide bonds.